The van der Waals surface area contributed by atoms with E-state index < -0.39 is 0 Å². The highest BCUT2D eigenvalue weighted by atomic mass is 79.9. The van der Waals surface area contributed by atoms with Crippen molar-refractivity contribution in [2.45, 2.75) is 37.0 Å². The topological polar surface area (TPSA) is 38.0 Å². The van der Waals surface area contributed by atoms with Crippen molar-refractivity contribution in [1.29, 1.82) is 0 Å². The monoisotopic (exact) mass is 320 g/mol. The van der Waals surface area contributed by atoms with Gasteiger partial charge in [-0.05, 0) is 53.9 Å². The first-order valence-corrected chi connectivity index (χ1v) is 8.13. The van der Waals surface area contributed by atoms with Crippen LogP contribution in [0.5, 0.6) is 0 Å². The van der Waals surface area contributed by atoms with Crippen molar-refractivity contribution < 1.29 is 0 Å². The smallest absolute Gasteiger partial charge is 0.0403 e. The lowest BCUT2D eigenvalue weighted by atomic mass is 9.93. The Labute approximate surface area is 113 Å². The van der Waals surface area contributed by atoms with Gasteiger partial charge in [0.25, 0.3) is 0 Å². The highest BCUT2D eigenvalue weighted by Crippen LogP contribution is 2.41. The van der Waals surface area contributed by atoms with Crippen LogP contribution in [-0.4, -0.2) is 16.5 Å². The molecule has 1 saturated heterocycles. The molecule has 0 radical (unpaired) electrons. The molecule has 1 aliphatic heterocycles. The van der Waals surface area contributed by atoms with Gasteiger partial charge in [-0.3, -0.25) is 11.3 Å². The van der Waals surface area contributed by atoms with Gasteiger partial charge in [0, 0.05) is 25.5 Å². The molecule has 0 aromatic carbocycles. The molecular formula is C11H17BrN2S2. The SMILES string of the molecule is CC1(C(Cc2cc(Br)cs2)NN)CCCS1. The van der Waals surface area contributed by atoms with Gasteiger partial charge in [-0.1, -0.05) is 0 Å². The molecule has 16 heavy (non-hydrogen) atoms. The van der Waals surface area contributed by atoms with Crippen LogP contribution in [0.3, 0.4) is 0 Å². The molecule has 0 aliphatic carbocycles. The van der Waals surface area contributed by atoms with Crippen LogP contribution in [0, 0.1) is 0 Å². The van der Waals surface area contributed by atoms with Gasteiger partial charge in [-0.25, -0.2) is 0 Å². The normalized spacial score (nSPS) is 27.2. The summed E-state index contributed by atoms with van der Waals surface area (Å²) in [5.74, 6) is 6.99. The molecule has 90 valence electrons. The minimum absolute atomic E-state index is 0.297. The van der Waals surface area contributed by atoms with Crippen molar-refractivity contribution >= 4 is 39.0 Å². The molecule has 5 heteroatoms. The number of thiophene rings is 1. The number of hydrogen-bond donors (Lipinski definition) is 2. The standard InChI is InChI=1S/C11H17BrN2S2/c1-11(3-2-4-16-11)10(14-13)6-9-5-8(12)7-15-9/h5,7,10,14H,2-4,6,13H2,1H3. The van der Waals surface area contributed by atoms with E-state index in [9.17, 15) is 0 Å². The van der Waals surface area contributed by atoms with Crippen molar-refractivity contribution in [3.05, 3.63) is 20.8 Å². The Morgan fingerprint density at radius 1 is 1.69 bits per heavy atom. The van der Waals surface area contributed by atoms with Crippen LogP contribution in [-0.2, 0) is 6.42 Å². The summed E-state index contributed by atoms with van der Waals surface area (Å²) in [6, 6.07) is 2.56. The number of halogens is 1. The predicted octanol–water partition coefficient (Wildman–Crippen LogP) is 3.17. The maximum absolute atomic E-state index is 5.72. The summed E-state index contributed by atoms with van der Waals surface area (Å²) in [6.45, 7) is 2.33. The molecule has 0 amide bonds. The number of thioether (sulfide) groups is 1. The Morgan fingerprint density at radius 3 is 3.00 bits per heavy atom. The van der Waals surface area contributed by atoms with Crippen molar-refractivity contribution in [1.82, 2.24) is 5.43 Å². The Kier molecular flexibility index (Phi) is 4.35. The maximum Gasteiger partial charge on any atom is 0.0403 e. The zero-order valence-electron chi connectivity index (χ0n) is 9.33. The Balaban J connectivity index is 2.05. The quantitative estimate of drug-likeness (QED) is 0.661. The number of hydrazine groups is 1. The van der Waals surface area contributed by atoms with Crippen LogP contribution < -0.4 is 11.3 Å². The van der Waals surface area contributed by atoms with Gasteiger partial charge >= 0.3 is 0 Å². The summed E-state index contributed by atoms with van der Waals surface area (Å²) in [4.78, 5) is 1.39. The van der Waals surface area contributed by atoms with E-state index in [1.807, 2.05) is 0 Å². The summed E-state index contributed by atoms with van der Waals surface area (Å²) in [5, 5.41) is 2.13. The lowest BCUT2D eigenvalue weighted by Gasteiger charge is -2.32. The molecule has 0 spiro atoms. The third kappa shape index (κ3) is 2.82. The van der Waals surface area contributed by atoms with E-state index in [2.05, 4.69) is 51.5 Å². The van der Waals surface area contributed by atoms with Crippen molar-refractivity contribution in [2.75, 3.05) is 5.75 Å². The van der Waals surface area contributed by atoms with E-state index in [0.29, 0.717) is 10.8 Å². The minimum Gasteiger partial charge on any atom is -0.271 e. The van der Waals surface area contributed by atoms with Crippen LogP contribution in [0.4, 0.5) is 0 Å². The number of nitrogens with two attached hydrogens (primary N) is 1. The molecule has 1 aromatic rings. The van der Waals surface area contributed by atoms with E-state index in [0.717, 1.165) is 6.42 Å². The molecule has 1 fully saturated rings. The average molecular weight is 321 g/mol. The third-order valence-electron chi connectivity index (χ3n) is 3.21. The van der Waals surface area contributed by atoms with Gasteiger partial charge in [-0.2, -0.15) is 11.8 Å². The van der Waals surface area contributed by atoms with Gasteiger partial charge in [-0.15, -0.1) is 11.3 Å². The molecule has 1 aliphatic rings. The average Bonchev–Trinajstić information content (AvgIpc) is 2.85. The number of rotatable bonds is 4. The van der Waals surface area contributed by atoms with Gasteiger partial charge in [0.15, 0.2) is 0 Å². The van der Waals surface area contributed by atoms with Crippen LogP contribution in [0.15, 0.2) is 15.9 Å². The van der Waals surface area contributed by atoms with Gasteiger partial charge in [0.1, 0.15) is 0 Å². The summed E-state index contributed by atoms with van der Waals surface area (Å²) < 4.78 is 1.47. The second-order valence-corrected chi connectivity index (χ2v) is 7.96. The molecular weight excluding hydrogens is 304 g/mol. The number of nitrogens with one attached hydrogen (secondary N) is 1. The highest BCUT2D eigenvalue weighted by molar-refractivity contribution is 9.10. The molecule has 3 N–H and O–H groups in total. The predicted molar refractivity (Wildman–Crippen MR) is 76.9 cm³/mol. The molecule has 1 aromatic heterocycles. The van der Waals surface area contributed by atoms with E-state index >= 15 is 0 Å². The van der Waals surface area contributed by atoms with E-state index in [1.54, 1.807) is 11.3 Å². The largest absolute Gasteiger partial charge is 0.271 e. The molecule has 2 nitrogen and oxygen atoms in total. The zero-order valence-corrected chi connectivity index (χ0v) is 12.6. The number of hydrogen-bond acceptors (Lipinski definition) is 4. The summed E-state index contributed by atoms with van der Waals surface area (Å²) in [6.07, 6.45) is 3.60. The van der Waals surface area contributed by atoms with Crippen LogP contribution in [0.25, 0.3) is 0 Å². The first-order chi connectivity index (χ1) is 7.64. The first kappa shape index (κ1) is 12.9. The van der Waals surface area contributed by atoms with Crippen molar-refractivity contribution in [2.24, 2.45) is 5.84 Å². The van der Waals surface area contributed by atoms with Crippen LogP contribution in [0.1, 0.15) is 24.6 Å². The van der Waals surface area contributed by atoms with Crippen LogP contribution >= 0.6 is 39.0 Å². The van der Waals surface area contributed by atoms with Crippen LogP contribution in [0.2, 0.25) is 0 Å². The van der Waals surface area contributed by atoms with Crippen molar-refractivity contribution in [3.63, 3.8) is 0 Å². The second kappa shape index (κ2) is 5.40. The van der Waals surface area contributed by atoms with Gasteiger partial charge in [0.05, 0.1) is 0 Å². The van der Waals surface area contributed by atoms with E-state index in [-0.39, 0.29) is 0 Å². The second-order valence-electron chi connectivity index (χ2n) is 4.42. The fraction of sp³-hybridized carbons (Fsp3) is 0.636. The van der Waals surface area contributed by atoms with Gasteiger partial charge in [0.2, 0.25) is 0 Å². The lowest BCUT2D eigenvalue weighted by molar-refractivity contribution is 0.407. The maximum atomic E-state index is 5.72. The summed E-state index contributed by atoms with van der Waals surface area (Å²) >= 11 is 7.35. The first-order valence-electron chi connectivity index (χ1n) is 5.47. The molecule has 2 unspecified atom stereocenters. The third-order valence-corrected chi connectivity index (χ3v) is 6.58. The fourth-order valence-electron chi connectivity index (χ4n) is 2.19. The van der Waals surface area contributed by atoms with E-state index in [4.69, 9.17) is 5.84 Å². The molecule has 2 rings (SSSR count). The molecule has 2 atom stereocenters. The molecule has 0 saturated carbocycles. The Hall–Kier alpha value is 0.450. The Bertz CT molecular complexity index is 348. The summed E-state index contributed by atoms with van der Waals surface area (Å²) in [7, 11) is 0. The van der Waals surface area contributed by atoms with E-state index in [1.165, 1.54) is 27.9 Å². The summed E-state index contributed by atoms with van der Waals surface area (Å²) in [5.41, 5.74) is 3.01. The highest BCUT2D eigenvalue weighted by Gasteiger charge is 2.37. The Morgan fingerprint density at radius 2 is 2.50 bits per heavy atom. The van der Waals surface area contributed by atoms with Crippen molar-refractivity contribution in [3.8, 4) is 0 Å². The molecule has 2 heterocycles. The zero-order chi connectivity index (χ0) is 11.6. The molecule has 0 bridgehead atoms. The fourth-order valence-corrected chi connectivity index (χ4v) is 5.08. The minimum atomic E-state index is 0.297. The van der Waals surface area contributed by atoms with Gasteiger partial charge < -0.3 is 0 Å². The lowest BCUT2D eigenvalue weighted by Crippen LogP contribution is -2.49.